The minimum atomic E-state index is -0.258. The van der Waals surface area contributed by atoms with E-state index in [1.165, 1.54) is 11.0 Å². The molecule has 4 rings (SSSR count). The van der Waals surface area contributed by atoms with E-state index in [1.807, 2.05) is 11.0 Å². The van der Waals surface area contributed by atoms with E-state index in [9.17, 15) is 14.0 Å². The molecule has 2 aromatic rings. The molecule has 2 heterocycles. The molecule has 0 saturated carbocycles. The number of nitrogens with zero attached hydrogens (tertiary/aromatic N) is 4. The summed E-state index contributed by atoms with van der Waals surface area (Å²) in [5.74, 6) is -0.0222. The fourth-order valence-electron chi connectivity index (χ4n) is 3.92. The first-order valence-corrected chi connectivity index (χ1v) is 10.0. The van der Waals surface area contributed by atoms with Crippen LogP contribution in [0.15, 0.2) is 53.5 Å². The number of nitrogens with one attached hydrogen (secondary N) is 1. The lowest BCUT2D eigenvalue weighted by Gasteiger charge is -2.37. The molecule has 0 radical (unpaired) electrons. The van der Waals surface area contributed by atoms with Gasteiger partial charge in [-0.3, -0.25) is 19.5 Å². The van der Waals surface area contributed by atoms with Crippen molar-refractivity contribution in [3.05, 3.63) is 65.5 Å². The van der Waals surface area contributed by atoms with Crippen LogP contribution in [0.2, 0.25) is 0 Å². The Morgan fingerprint density at radius 3 is 2.17 bits per heavy atom. The first-order chi connectivity index (χ1) is 14.6. The predicted octanol–water partition coefficient (Wildman–Crippen LogP) is 1.82. The normalized spacial score (nSPS) is 16.9. The Morgan fingerprint density at radius 2 is 1.57 bits per heavy atom. The van der Waals surface area contributed by atoms with Gasteiger partial charge in [0.25, 0.3) is 11.8 Å². The number of fused-ring (bicyclic) bond motifs is 1. The summed E-state index contributed by atoms with van der Waals surface area (Å²) in [4.78, 5) is 34.6. The van der Waals surface area contributed by atoms with Crippen LogP contribution in [0.4, 0.5) is 10.1 Å². The molecule has 156 valence electrons. The smallest absolute Gasteiger partial charge is 0.261 e. The van der Waals surface area contributed by atoms with E-state index in [-0.39, 0.29) is 24.2 Å². The summed E-state index contributed by atoms with van der Waals surface area (Å²) in [7, 11) is 1.70. The van der Waals surface area contributed by atoms with Gasteiger partial charge in [0.1, 0.15) is 5.82 Å². The number of para-hydroxylation sites is 1. The van der Waals surface area contributed by atoms with Crippen molar-refractivity contribution < 1.29 is 14.0 Å². The van der Waals surface area contributed by atoms with E-state index < -0.39 is 0 Å². The average molecular weight is 409 g/mol. The zero-order valence-electron chi connectivity index (χ0n) is 16.8. The highest BCUT2D eigenvalue weighted by molar-refractivity contribution is 6.21. The molecule has 0 bridgehead atoms. The van der Waals surface area contributed by atoms with Gasteiger partial charge in [-0.2, -0.15) is 0 Å². The second-order valence-electron chi connectivity index (χ2n) is 7.21. The first-order valence-electron chi connectivity index (χ1n) is 10.0. The number of anilines is 1. The number of hydrogen-bond acceptors (Lipinski definition) is 4. The van der Waals surface area contributed by atoms with Crippen LogP contribution in [0, 0.1) is 5.82 Å². The number of imide groups is 1. The van der Waals surface area contributed by atoms with Crippen LogP contribution in [0.3, 0.4) is 0 Å². The van der Waals surface area contributed by atoms with Gasteiger partial charge in [-0.1, -0.05) is 24.3 Å². The monoisotopic (exact) mass is 409 g/mol. The third-order valence-corrected chi connectivity index (χ3v) is 5.48. The number of carbonyl (C=O) groups excluding carboxylic acids is 2. The van der Waals surface area contributed by atoms with Crippen LogP contribution in [-0.4, -0.2) is 73.9 Å². The number of benzene rings is 2. The summed E-state index contributed by atoms with van der Waals surface area (Å²) in [6, 6.07) is 13.7. The third kappa shape index (κ3) is 3.72. The maximum absolute atomic E-state index is 14.0. The summed E-state index contributed by atoms with van der Waals surface area (Å²) in [5, 5.41) is 3.24. The summed E-state index contributed by atoms with van der Waals surface area (Å²) < 4.78 is 14.0. The molecule has 2 aromatic carbocycles. The van der Waals surface area contributed by atoms with Gasteiger partial charge in [0.2, 0.25) is 0 Å². The fraction of sp³-hybridized carbons (Fsp3) is 0.318. The Balaban J connectivity index is 1.30. The Hall–Kier alpha value is -3.42. The minimum absolute atomic E-state index is 0.214. The number of rotatable bonds is 4. The highest BCUT2D eigenvalue weighted by atomic mass is 19.1. The summed E-state index contributed by atoms with van der Waals surface area (Å²) in [6.45, 7) is 3.42. The Labute approximate surface area is 174 Å². The standard InChI is InChI=1S/C22H24FN5O2/c1-24-22(27-14-12-26(13-15-27)19-9-5-4-8-18(19)23)25-10-11-28-20(29)16-6-2-3-7-17(16)21(28)30/h2-9H,10-15H2,1H3,(H,24,25). The van der Waals surface area contributed by atoms with E-state index in [0.717, 1.165) is 0 Å². The second kappa shape index (κ2) is 8.52. The highest BCUT2D eigenvalue weighted by Crippen LogP contribution is 2.22. The molecule has 1 N–H and O–H groups in total. The van der Waals surface area contributed by atoms with Crippen LogP contribution in [0.5, 0.6) is 0 Å². The molecule has 0 aromatic heterocycles. The van der Waals surface area contributed by atoms with E-state index in [0.29, 0.717) is 55.5 Å². The van der Waals surface area contributed by atoms with Crippen LogP contribution in [0.25, 0.3) is 0 Å². The Bertz CT molecular complexity index is 950. The third-order valence-electron chi connectivity index (χ3n) is 5.48. The molecule has 0 spiro atoms. The van der Waals surface area contributed by atoms with Crippen molar-refractivity contribution >= 4 is 23.5 Å². The number of piperazine rings is 1. The highest BCUT2D eigenvalue weighted by Gasteiger charge is 2.34. The molecule has 2 amide bonds. The maximum atomic E-state index is 14.0. The van der Waals surface area contributed by atoms with Crippen molar-refractivity contribution in [1.82, 2.24) is 15.1 Å². The molecule has 8 heteroatoms. The molecule has 1 fully saturated rings. The number of aliphatic imine (C=N–C) groups is 1. The van der Waals surface area contributed by atoms with E-state index >= 15 is 0 Å². The van der Waals surface area contributed by atoms with Crippen LogP contribution in [0.1, 0.15) is 20.7 Å². The van der Waals surface area contributed by atoms with Crippen molar-refractivity contribution in [1.29, 1.82) is 0 Å². The zero-order chi connectivity index (χ0) is 21.1. The Kier molecular flexibility index (Phi) is 5.65. The predicted molar refractivity (Wildman–Crippen MR) is 113 cm³/mol. The summed E-state index contributed by atoms with van der Waals surface area (Å²) in [5.41, 5.74) is 1.53. The molecule has 0 atom stereocenters. The quantitative estimate of drug-likeness (QED) is 0.474. The SMILES string of the molecule is CN=C(NCCN1C(=O)c2ccccc2C1=O)N1CCN(c2ccccc2F)CC1. The van der Waals surface area contributed by atoms with E-state index in [4.69, 9.17) is 0 Å². The lowest BCUT2D eigenvalue weighted by Crippen LogP contribution is -2.53. The lowest BCUT2D eigenvalue weighted by atomic mass is 10.1. The number of carbonyl (C=O) groups is 2. The summed E-state index contributed by atoms with van der Waals surface area (Å²) >= 11 is 0. The largest absolute Gasteiger partial charge is 0.366 e. The van der Waals surface area contributed by atoms with Gasteiger partial charge in [0.05, 0.1) is 16.8 Å². The van der Waals surface area contributed by atoms with Crippen LogP contribution >= 0.6 is 0 Å². The topological polar surface area (TPSA) is 68.2 Å². The molecule has 0 unspecified atom stereocenters. The van der Waals surface area contributed by atoms with Gasteiger partial charge in [-0.15, -0.1) is 0 Å². The van der Waals surface area contributed by atoms with E-state index in [2.05, 4.69) is 15.2 Å². The lowest BCUT2D eigenvalue weighted by molar-refractivity contribution is 0.0657. The minimum Gasteiger partial charge on any atom is -0.366 e. The zero-order valence-corrected chi connectivity index (χ0v) is 16.8. The van der Waals surface area contributed by atoms with Gasteiger partial charge >= 0.3 is 0 Å². The molecular weight excluding hydrogens is 385 g/mol. The van der Waals surface area contributed by atoms with Gasteiger partial charge in [-0.25, -0.2) is 4.39 Å². The van der Waals surface area contributed by atoms with Gasteiger partial charge < -0.3 is 15.1 Å². The number of amides is 2. The van der Waals surface area contributed by atoms with Crippen molar-refractivity contribution in [3.63, 3.8) is 0 Å². The number of hydrogen-bond donors (Lipinski definition) is 1. The van der Waals surface area contributed by atoms with Crippen molar-refractivity contribution in [2.75, 3.05) is 51.2 Å². The van der Waals surface area contributed by atoms with Crippen molar-refractivity contribution in [2.24, 2.45) is 4.99 Å². The first kappa shape index (κ1) is 19.9. The number of halogens is 1. The number of guanidine groups is 1. The van der Waals surface area contributed by atoms with Crippen LogP contribution < -0.4 is 10.2 Å². The average Bonchev–Trinajstić information content (AvgIpc) is 3.02. The summed E-state index contributed by atoms with van der Waals surface area (Å²) in [6.07, 6.45) is 0. The van der Waals surface area contributed by atoms with Crippen molar-refractivity contribution in [3.8, 4) is 0 Å². The maximum Gasteiger partial charge on any atom is 0.261 e. The second-order valence-corrected chi connectivity index (χ2v) is 7.21. The van der Waals surface area contributed by atoms with Crippen molar-refractivity contribution in [2.45, 2.75) is 0 Å². The molecule has 30 heavy (non-hydrogen) atoms. The molecule has 7 nitrogen and oxygen atoms in total. The fourth-order valence-corrected chi connectivity index (χ4v) is 3.92. The van der Waals surface area contributed by atoms with Gasteiger partial charge in [-0.05, 0) is 24.3 Å². The van der Waals surface area contributed by atoms with Gasteiger partial charge in [0.15, 0.2) is 5.96 Å². The molecule has 2 aliphatic rings. The molecule has 2 aliphatic heterocycles. The Morgan fingerprint density at radius 1 is 0.967 bits per heavy atom. The van der Waals surface area contributed by atoms with E-state index in [1.54, 1.807) is 43.4 Å². The molecular formula is C22H24FN5O2. The van der Waals surface area contributed by atoms with Crippen LogP contribution in [-0.2, 0) is 0 Å². The van der Waals surface area contributed by atoms with Gasteiger partial charge in [0, 0.05) is 46.3 Å². The molecule has 1 saturated heterocycles. The molecule has 0 aliphatic carbocycles.